The van der Waals surface area contributed by atoms with Crippen LogP contribution in [0.2, 0.25) is 0 Å². The van der Waals surface area contributed by atoms with Crippen molar-refractivity contribution in [2.24, 2.45) is 0 Å². The Kier molecular flexibility index (Phi) is 4.90. The summed E-state index contributed by atoms with van der Waals surface area (Å²) < 4.78 is 34.1. The molecule has 1 aromatic carbocycles. The summed E-state index contributed by atoms with van der Waals surface area (Å²) in [7, 11) is -3.86. The van der Waals surface area contributed by atoms with Gasteiger partial charge in [0.2, 0.25) is 5.09 Å². The lowest BCUT2D eigenvalue weighted by Crippen LogP contribution is -2.40. The highest BCUT2D eigenvalue weighted by Crippen LogP contribution is 2.22. The lowest BCUT2D eigenvalue weighted by Gasteiger charge is -2.19. The molecule has 142 valence electrons. The topological polar surface area (TPSA) is 106 Å². The maximum Gasteiger partial charge on any atom is 0.291 e. The van der Waals surface area contributed by atoms with E-state index in [4.69, 9.17) is 4.42 Å². The van der Waals surface area contributed by atoms with Gasteiger partial charge < -0.3 is 14.3 Å². The van der Waals surface area contributed by atoms with Crippen molar-refractivity contribution in [3.8, 4) is 5.69 Å². The molecule has 8 nitrogen and oxygen atoms in total. The number of anilines is 1. The minimum absolute atomic E-state index is 0.107. The Bertz CT molecular complexity index is 1050. The molecule has 0 aliphatic rings. The minimum Gasteiger partial charge on any atom is -0.438 e. The van der Waals surface area contributed by atoms with E-state index in [-0.39, 0.29) is 10.9 Å². The molecule has 2 heterocycles. The summed E-state index contributed by atoms with van der Waals surface area (Å²) in [6.07, 6.45) is 4.99. The van der Waals surface area contributed by atoms with Crippen LogP contribution >= 0.6 is 0 Å². The van der Waals surface area contributed by atoms with Gasteiger partial charge in [-0.3, -0.25) is 4.79 Å². The number of carbonyl (C=O) groups excluding carboxylic acids is 1. The number of hydrogen-bond donors (Lipinski definition) is 2. The van der Waals surface area contributed by atoms with Gasteiger partial charge in [-0.15, -0.1) is 0 Å². The summed E-state index contributed by atoms with van der Waals surface area (Å²) >= 11 is 0. The highest BCUT2D eigenvalue weighted by molar-refractivity contribution is 7.89. The minimum atomic E-state index is -3.86. The number of para-hydroxylation sites is 2. The maximum absolute atomic E-state index is 12.5. The second-order valence-electron chi connectivity index (χ2n) is 6.92. The Morgan fingerprint density at radius 3 is 2.56 bits per heavy atom. The molecule has 27 heavy (non-hydrogen) atoms. The molecule has 0 atom stereocenters. The summed E-state index contributed by atoms with van der Waals surface area (Å²) in [6, 6.07) is 9.75. The largest absolute Gasteiger partial charge is 0.438 e. The van der Waals surface area contributed by atoms with Gasteiger partial charge >= 0.3 is 0 Å². The molecule has 0 aliphatic carbocycles. The van der Waals surface area contributed by atoms with E-state index in [1.54, 1.807) is 56.2 Å². The number of rotatable bonds is 5. The first-order valence-corrected chi connectivity index (χ1v) is 9.66. The summed E-state index contributed by atoms with van der Waals surface area (Å²) in [5, 5.41) is 2.42. The molecule has 0 saturated heterocycles. The van der Waals surface area contributed by atoms with Crippen LogP contribution in [0.1, 0.15) is 31.3 Å². The van der Waals surface area contributed by atoms with Crippen molar-refractivity contribution in [2.75, 3.05) is 5.32 Å². The van der Waals surface area contributed by atoms with E-state index in [0.29, 0.717) is 5.69 Å². The molecule has 9 heteroatoms. The van der Waals surface area contributed by atoms with Crippen LogP contribution in [-0.2, 0) is 10.0 Å². The Morgan fingerprint density at radius 2 is 1.89 bits per heavy atom. The van der Waals surface area contributed by atoms with Crippen molar-refractivity contribution in [1.29, 1.82) is 0 Å². The van der Waals surface area contributed by atoms with Gasteiger partial charge in [0.05, 0.1) is 17.7 Å². The number of sulfonamides is 1. The molecule has 0 aliphatic heterocycles. The smallest absolute Gasteiger partial charge is 0.291 e. The van der Waals surface area contributed by atoms with Crippen molar-refractivity contribution < 1.29 is 17.6 Å². The molecule has 3 aromatic rings. The Balaban J connectivity index is 1.82. The average molecular weight is 388 g/mol. The van der Waals surface area contributed by atoms with Crippen LogP contribution in [0.25, 0.3) is 5.69 Å². The molecule has 0 spiro atoms. The normalized spacial score (nSPS) is 12.1. The van der Waals surface area contributed by atoms with Gasteiger partial charge in [0.25, 0.3) is 15.9 Å². The third-order valence-corrected chi connectivity index (χ3v) is 5.08. The number of nitrogens with zero attached hydrogens (tertiary/aromatic N) is 2. The lowest BCUT2D eigenvalue weighted by atomic mass is 10.1. The van der Waals surface area contributed by atoms with Crippen LogP contribution in [0, 0.1) is 0 Å². The first-order valence-electron chi connectivity index (χ1n) is 8.18. The molecule has 0 saturated carbocycles. The predicted molar refractivity (Wildman–Crippen MR) is 100 cm³/mol. The summed E-state index contributed by atoms with van der Waals surface area (Å²) in [5.41, 5.74) is 0.587. The second kappa shape index (κ2) is 7.01. The van der Waals surface area contributed by atoms with Gasteiger partial charge in [-0.2, -0.15) is 0 Å². The number of aromatic nitrogens is 2. The fourth-order valence-corrected chi connectivity index (χ4v) is 3.78. The van der Waals surface area contributed by atoms with Crippen molar-refractivity contribution in [3.05, 3.63) is 60.9 Å². The fraction of sp³-hybridized carbons (Fsp3) is 0.222. The Hall–Kier alpha value is -2.91. The van der Waals surface area contributed by atoms with Crippen LogP contribution in [0.4, 0.5) is 5.69 Å². The van der Waals surface area contributed by atoms with E-state index in [9.17, 15) is 13.2 Å². The molecule has 0 fully saturated rings. The number of nitrogens with one attached hydrogen (secondary N) is 2. The van der Waals surface area contributed by atoms with Gasteiger partial charge in [0.1, 0.15) is 0 Å². The SMILES string of the molecule is CC(C)(C)NS(=O)(=O)c1ccc(C(=O)Nc2ccccc2-n2ccnc2)o1. The second-order valence-corrected chi connectivity index (χ2v) is 8.53. The zero-order chi connectivity index (χ0) is 19.7. The molecular formula is C18H20N4O4S. The van der Waals surface area contributed by atoms with Crippen LogP contribution in [0.3, 0.4) is 0 Å². The third kappa shape index (κ3) is 4.44. The number of carbonyl (C=O) groups is 1. The van der Waals surface area contributed by atoms with Crippen LogP contribution in [0.5, 0.6) is 0 Å². The molecule has 2 N–H and O–H groups in total. The zero-order valence-electron chi connectivity index (χ0n) is 15.1. The third-order valence-electron chi connectivity index (χ3n) is 3.45. The number of furan rings is 1. The molecule has 1 amide bonds. The first-order chi connectivity index (χ1) is 12.7. The van der Waals surface area contributed by atoms with E-state index in [1.807, 2.05) is 12.1 Å². The van der Waals surface area contributed by atoms with Crippen LogP contribution in [-0.4, -0.2) is 29.4 Å². The number of benzene rings is 1. The van der Waals surface area contributed by atoms with Crippen LogP contribution < -0.4 is 10.0 Å². The molecule has 0 radical (unpaired) electrons. The van der Waals surface area contributed by atoms with E-state index in [2.05, 4.69) is 15.0 Å². The van der Waals surface area contributed by atoms with Crippen molar-refractivity contribution in [3.63, 3.8) is 0 Å². The van der Waals surface area contributed by atoms with Crippen molar-refractivity contribution in [2.45, 2.75) is 31.4 Å². The molecule has 0 unspecified atom stereocenters. The summed E-state index contributed by atoms with van der Waals surface area (Å²) in [5.74, 6) is -0.663. The van der Waals surface area contributed by atoms with E-state index < -0.39 is 21.5 Å². The Morgan fingerprint density at radius 1 is 1.15 bits per heavy atom. The standard InChI is InChI=1S/C18H20N4O4S/c1-18(2,3)21-27(24,25)16-9-8-15(26-16)17(23)20-13-6-4-5-7-14(13)22-11-10-19-12-22/h4-12,21H,1-3H3,(H,20,23). The van der Waals surface area contributed by atoms with Crippen molar-refractivity contribution >= 4 is 21.6 Å². The lowest BCUT2D eigenvalue weighted by molar-refractivity contribution is 0.0991. The molecule has 2 aromatic heterocycles. The number of hydrogen-bond acceptors (Lipinski definition) is 5. The van der Waals surface area contributed by atoms with E-state index >= 15 is 0 Å². The van der Waals surface area contributed by atoms with Gasteiger partial charge in [-0.05, 0) is 45.0 Å². The number of imidazole rings is 1. The summed E-state index contributed by atoms with van der Waals surface area (Å²) in [6.45, 7) is 5.15. The molecule has 0 bridgehead atoms. The summed E-state index contributed by atoms with van der Waals surface area (Å²) in [4.78, 5) is 16.5. The van der Waals surface area contributed by atoms with Gasteiger partial charge in [-0.1, -0.05) is 12.1 Å². The number of amides is 1. The highest BCUT2D eigenvalue weighted by Gasteiger charge is 2.26. The van der Waals surface area contributed by atoms with E-state index in [1.165, 1.54) is 12.1 Å². The van der Waals surface area contributed by atoms with Crippen LogP contribution in [0.15, 0.2) is 64.6 Å². The van der Waals surface area contributed by atoms with E-state index in [0.717, 1.165) is 5.69 Å². The predicted octanol–water partition coefficient (Wildman–Crippen LogP) is 2.79. The average Bonchev–Trinajstić information content (AvgIpc) is 3.25. The van der Waals surface area contributed by atoms with Gasteiger partial charge in [0.15, 0.2) is 5.76 Å². The Labute approximate surface area is 157 Å². The maximum atomic E-state index is 12.5. The quantitative estimate of drug-likeness (QED) is 0.699. The van der Waals surface area contributed by atoms with Crippen molar-refractivity contribution in [1.82, 2.24) is 14.3 Å². The van der Waals surface area contributed by atoms with Gasteiger partial charge in [-0.25, -0.2) is 18.1 Å². The van der Waals surface area contributed by atoms with Gasteiger partial charge in [0, 0.05) is 17.9 Å². The highest BCUT2D eigenvalue weighted by atomic mass is 32.2. The molecule has 3 rings (SSSR count). The fourth-order valence-electron chi connectivity index (χ4n) is 2.43. The monoisotopic (exact) mass is 388 g/mol. The zero-order valence-corrected chi connectivity index (χ0v) is 15.9. The molecular weight excluding hydrogens is 368 g/mol. The first kappa shape index (κ1) is 18.9.